The lowest BCUT2D eigenvalue weighted by molar-refractivity contribution is -0.118. The van der Waals surface area contributed by atoms with Gasteiger partial charge in [-0.2, -0.15) is 9.97 Å². The minimum atomic E-state index is -0.552. The fourth-order valence-corrected chi connectivity index (χ4v) is 1.45. The molecule has 0 unspecified atom stereocenters. The van der Waals surface area contributed by atoms with Gasteiger partial charge in [-0.05, 0) is 13.8 Å². The number of carbonyl (C=O) groups excluding carboxylic acids is 1. The molecule has 7 heteroatoms. The van der Waals surface area contributed by atoms with E-state index in [0.717, 1.165) is 0 Å². The highest BCUT2D eigenvalue weighted by molar-refractivity contribution is 5.75. The number of primary amides is 1. The standard InChI is InChI=1S/C11H18N4O3/c1-11(2,6-7(12)16)15-10-13-8(17-3)5-9(14-10)18-4/h5H,6H2,1-4H3,(H2,12,16)(H,13,14,15). The third-order valence-electron chi connectivity index (χ3n) is 2.16. The van der Waals surface area contributed by atoms with Crippen LogP contribution in [-0.2, 0) is 4.79 Å². The number of amides is 1. The van der Waals surface area contributed by atoms with Crippen LogP contribution in [0, 0.1) is 0 Å². The number of hydrogen-bond donors (Lipinski definition) is 2. The first-order chi connectivity index (χ1) is 8.36. The Morgan fingerprint density at radius 1 is 1.33 bits per heavy atom. The van der Waals surface area contributed by atoms with Crippen molar-refractivity contribution in [1.29, 1.82) is 0 Å². The molecule has 1 amide bonds. The summed E-state index contributed by atoms with van der Waals surface area (Å²) < 4.78 is 10.1. The van der Waals surface area contributed by atoms with Gasteiger partial charge in [-0.15, -0.1) is 0 Å². The van der Waals surface area contributed by atoms with E-state index < -0.39 is 11.4 Å². The highest BCUT2D eigenvalue weighted by atomic mass is 16.5. The van der Waals surface area contributed by atoms with Gasteiger partial charge in [0.05, 0.1) is 20.3 Å². The fraction of sp³-hybridized carbons (Fsp3) is 0.545. The molecule has 0 radical (unpaired) electrons. The molecular formula is C11H18N4O3. The quantitative estimate of drug-likeness (QED) is 0.769. The van der Waals surface area contributed by atoms with Gasteiger partial charge in [0.25, 0.3) is 0 Å². The Morgan fingerprint density at radius 3 is 2.22 bits per heavy atom. The van der Waals surface area contributed by atoms with Gasteiger partial charge in [0.2, 0.25) is 23.6 Å². The molecule has 0 spiro atoms. The highest BCUT2D eigenvalue weighted by Gasteiger charge is 2.22. The average molecular weight is 254 g/mol. The first kappa shape index (κ1) is 14.0. The van der Waals surface area contributed by atoms with Crippen LogP contribution in [0.4, 0.5) is 5.95 Å². The minimum absolute atomic E-state index is 0.163. The SMILES string of the molecule is COc1cc(OC)nc(NC(C)(C)CC(N)=O)n1. The van der Waals surface area contributed by atoms with Gasteiger partial charge in [-0.3, -0.25) is 4.79 Å². The molecule has 0 fully saturated rings. The molecule has 0 aromatic carbocycles. The van der Waals surface area contributed by atoms with Gasteiger partial charge in [0, 0.05) is 12.0 Å². The van der Waals surface area contributed by atoms with Gasteiger partial charge >= 0.3 is 0 Å². The van der Waals surface area contributed by atoms with E-state index in [-0.39, 0.29) is 6.42 Å². The number of nitrogens with one attached hydrogen (secondary N) is 1. The third-order valence-corrected chi connectivity index (χ3v) is 2.16. The number of nitrogens with two attached hydrogens (primary N) is 1. The molecule has 100 valence electrons. The second kappa shape index (κ2) is 5.52. The van der Waals surface area contributed by atoms with Gasteiger partial charge in [-0.25, -0.2) is 0 Å². The molecule has 3 N–H and O–H groups in total. The van der Waals surface area contributed by atoms with E-state index in [9.17, 15) is 4.79 Å². The number of nitrogens with zero attached hydrogens (tertiary/aromatic N) is 2. The summed E-state index contributed by atoms with van der Waals surface area (Å²) in [5, 5.41) is 3.02. The minimum Gasteiger partial charge on any atom is -0.481 e. The zero-order valence-corrected chi connectivity index (χ0v) is 11.0. The van der Waals surface area contributed by atoms with Gasteiger partial charge in [0.15, 0.2) is 0 Å². The molecule has 0 aliphatic heterocycles. The summed E-state index contributed by atoms with van der Waals surface area (Å²) >= 11 is 0. The van der Waals surface area contributed by atoms with Crippen LogP contribution >= 0.6 is 0 Å². The summed E-state index contributed by atoms with van der Waals surface area (Å²) in [4.78, 5) is 19.2. The van der Waals surface area contributed by atoms with E-state index in [0.29, 0.717) is 17.7 Å². The predicted molar refractivity (Wildman–Crippen MR) is 66.6 cm³/mol. The number of methoxy groups -OCH3 is 2. The molecule has 0 saturated heterocycles. The van der Waals surface area contributed by atoms with E-state index >= 15 is 0 Å². The Labute approximate surface area is 106 Å². The molecular weight excluding hydrogens is 236 g/mol. The molecule has 1 aromatic rings. The number of hydrogen-bond acceptors (Lipinski definition) is 6. The number of anilines is 1. The Balaban J connectivity index is 2.92. The van der Waals surface area contributed by atoms with Crippen LogP contribution < -0.4 is 20.5 Å². The monoisotopic (exact) mass is 254 g/mol. The van der Waals surface area contributed by atoms with Crippen LogP contribution in [0.25, 0.3) is 0 Å². The number of carbonyl (C=O) groups is 1. The van der Waals surface area contributed by atoms with E-state index in [1.54, 1.807) is 6.07 Å². The molecule has 18 heavy (non-hydrogen) atoms. The second-order valence-electron chi connectivity index (χ2n) is 4.43. The average Bonchev–Trinajstić information content (AvgIpc) is 2.25. The highest BCUT2D eigenvalue weighted by Crippen LogP contribution is 2.21. The molecule has 1 rings (SSSR count). The molecule has 7 nitrogen and oxygen atoms in total. The summed E-state index contributed by atoms with van der Waals surface area (Å²) in [7, 11) is 3.00. The lowest BCUT2D eigenvalue weighted by atomic mass is 10.0. The number of rotatable bonds is 6. The van der Waals surface area contributed by atoms with Crippen LogP contribution in [0.1, 0.15) is 20.3 Å². The van der Waals surface area contributed by atoms with Crippen molar-refractivity contribution in [3.63, 3.8) is 0 Å². The Hall–Kier alpha value is -2.05. The first-order valence-electron chi connectivity index (χ1n) is 5.40. The summed E-state index contributed by atoms with van der Waals surface area (Å²) in [6, 6.07) is 1.56. The van der Waals surface area contributed by atoms with Crippen LogP contribution in [0.15, 0.2) is 6.07 Å². The van der Waals surface area contributed by atoms with Crippen molar-refractivity contribution < 1.29 is 14.3 Å². The van der Waals surface area contributed by atoms with E-state index in [1.165, 1.54) is 14.2 Å². The van der Waals surface area contributed by atoms with Crippen molar-refractivity contribution in [3.05, 3.63) is 6.07 Å². The van der Waals surface area contributed by atoms with Crippen LogP contribution in [0.5, 0.6) is 11.8 Å². The fourth-order valence-electron chi connectivity index (χ4n) is 1.45. The number of aromatic nitrogens is 2. The molecule has 1 aromatic heterocycles. The number of ether oxygens (including phenoxy) is 2. The molecule has 0 bridgehead atoms. The lowest BCUT2D eigenvalue weighted by Crippen LogP contribution is -2.36. The first-order valence-corrected chi connectivity index (χ1v) is 5.40. The van der Waals surface area contributed by atoms with Gasteiger partial charge in [0.1, 0.15) is 0 Å². The smallest absolute Gasteiger partial charge is 0.229 e. The largest absolute Gasteiger partial charge is 0.481 e. The zero-order chi connectivity index (χ0) is 13.8. The van der Waals surface area contributed by atoms with E-state index in [4.69, 9.17) is 15.2 Å². The maximum atomic E-state index is 10.9. The van der Waals surface area contributed by atoms with Crippen molar-refractivity contribution in [2.24, 2.45) is 5.73 Å². The van der Waals surface area contributed by atoms with Crippen LogP contribution in [-0.4, -0.2) is 35.6 Å². The lowest BCUT2D eigenvalue weighted by Gasteiger charge is -2.24. The molecule has 0 aliphatic carbocycles. The summed E-state index contributed by atoms with van der Waals surface area (Å²) in [5.41, 5.74) is 4.62. The van der Waals surface area contributed by atoms with E-state index in [2.05, 4.69) is 15.3 Å². The molecule has 1 heterocycles. The predicted octanol–water partition coefficient (Wildman–Crippen LogP) is 0.560. The second-order valence-corrected chi connectivity index (χ2v) is 4.43. The third kappa shape index (κ3) is 4.08. The summed E-state index contributed by atoms with van der Waals surface area (Å²) in [6.07, 6.45) is 0.163. The molecule has 0 atom stereocenters. The maximum Gasteiger partial charge on any atom is 0.229 e. The zero-order valence-electron chi connectivity index (χ0n) is 11.0. The van der Waals surface area contributed by atoms with Crippen molar-refractivity contribution in [1.82, 2.24) is 9.97 Å². The van der Waals surface area contributed by atoms with Crippen molar-refractivity contribution in [2.45, 2.75) is 25.8 Å². The van der Waals surface area contributed by atoms with Crippen molar-refractivity contribution in [2.75, 3.05) is 19.5 Å². The normalized spacial score (nSPS) is 10.9. The topological polar surface area (TPSA) is 99.4 Å². The van der Waals surface area contributed by atoms with Crippen molar-refractivity contribution in [3.8, 4) is 11.8 Å². The van der Waals surface area contributed by atoms with E-state index in [1.807, 2.05) is 13.8 Å². The Kier molecular flexibility index (Phi) is 4.30. The van der Waals surface area contributed by atoms with Gasteiger partial charge < -0.3 is 20.5 Å². The molecule has 0 saturated carbocycles. The van der Waals surface area contributed by atoms with Crippen LogP contribution in [0.2, 0.25) is 0 Å². The Morgan fingerprint density at radius 2 is 1.83 bits per heavy atom. The summed E-state index contributed by atoms with van der Waals surface area (Å²) in [6.45, 7) is 3.65. The Bertz CT molecular complexity index is 412. The van der Waals surface area contributed by atoms with Crippen molar-refractivity contribution >= 4 is 11.9 Å². The maximum absolute atomic E-state index is 10.9. The van der Waals surface area contributed by atoms with Crippen LogP contribution in [0.3, 0.4) is 0 Å². The van der Waals surface area contributed by atoms with Gasteiger partial charge in [-0.1, -0.05) is 0 Å². The molecule has 0 aliphatic rings. The summed E-state index contributed by atoms with van der Waals surface area (Å²) in [5.74, 6) is 0.665.